The summed E-state index contributed by atoms with van der Waals surface area (Å²) in [7, 11) is 3.52. The number of amides is 3. The van der Waals surface area contributed by atoms with Crippen molar-refractivity contribution in [2.45, 2.75) is 25.8 Å². The first kappa shape index (κ1) is 26.4. The molecule has 2 heterocycles. The number of hydrogen-bond acceptors (Lipinski definition) is 5. The van der Waals surface area contributed by atoms with E-state index in [-0.39, 0.29) is 29.9 Å². The average molecular weight is 593 g/mol. The number of nitrogens with one attached hydrogen (secondary N) is 2. The second-order valence-corrected chi connectivity index (χ2v) is 9.35. The van der Waals surface area contributed by atoms with Gasteiger partial charge in [-0.15, -0.1) is 11.3 Å². The van der Waals surface area contributed by atoms with Gasteiger partial charge < -0.3 is 44.2 Å². The molecule has 32 heavy (non-hydrogen) atoms. The van der Waals surface area contributed by atoms with Crippen molar-refractivity contribution in [3.8, 4) is 0 Å². The van der Waals surface area contributed by atoms with Crippen molar-refractivity contribution in [1.82, 2.24) is 0 Å². The van der Waals surface area contributed by atoms with Gasteiger partial charge in [-0.05, 0) is 29.8 Å². The Bertz CT molecular complexity index is 998. The predicted octanol–water partition coefficient (Wildman–Crippen LogP) is 0.604. The van der Waals surface area contributed by atoms with E-state index in [0.717, 1.165) is 34.4 Å². The molecule has 2 aromatic rings. The third kappa shape index (κ3) is 6.56. The first-order valence-corrected chi connectivity index (χ1v) is 11.1. The van der Waals surface area contributed by atoms with Crippen LogP contribution >= 0.6 is 22.9 Å². The maximum absolute atomic E-state index is 12.5. The van der Waals surface area contributed by atoms with E-state index in [2.05, 4.69) is 17.7 Å². The van der Waals surface area contributed by atoms with Crippen LogP contribution in [0.15, 0.2) is 24.3 Å². The number of anilines is 2. The molecule has 0 spiro atoms. The number of rotatable bonds is 7. The minimum atomic E-state index is -0.555. The highest BCUT2D eigenvalue weighted by molar-refractivity contribution is 7.17. The summed E-state index contributed by atoms with van der Waals surface area (Å²) >= 11 is 7.24. The Morgan fingerprint density at radius 2 is 1.91 bits per heavy atom. The molecular formula is C21H26ClIN4O4S. The van der Waals surface area contributed by atoms with Crippen LogP contribution in [0, 0.1) is 0 Å². The number of hydrogen-bond donors (Lipinski definition) is 3. The van der Waals surface area contributed by atoms with Gasteiger partial charge in [0.25, 0.3) is 5.91 Å². The molecule has 1 unspecified atom stereocenters. The molecule has 3 amide bonds. The lowest BCUT2D eigenvalue weighted by atomic mass is 10.0. The van der Waals surface area contributed by atoms with Gasteiger partial charge in [0.2, 0.25) is 0 Å². The molecule has 0 radical (unpaired) electrons. The number of ether oxygens (including phenoxy) is 1. The lowest BCUT2D eigenvalue weighted by Gasteiger charge is -2.37. The number of nitrogens with zero attached hydrogens (tertiary/aromatic N) is 1. The molecule has 1 aliphatic heterocycles. The summed E-state index contributed by atoms with van der Waals surface area (Å²) in [4.78, 5) is 37.1. The third-order valence-corrected chi connectivity index (χ3v) is 6.78. The van der Waals surface area contributed by atoms with E-state index in [9.17, 15) is 14.4 Å². The molecule has 11 heteroatoms. The number of likely N-dealkylation sites (N-methyl/N-ethyl adjacent to an activating group) is 1. The van der Waals surface area contributed by atoms with E-state index in [1.807, 2.05) is 0 Å². The Kier molecular flexibility index (Phi) is 9.31. The first-order chi connectivity index (χ1) is 14.7. The van der Waals surface area contributed by atoms with Gasteiger partial charge in [0, 0.05) is 23.6 Å². The number of primary amides is 1. The smallest absolute Gasteiger partial charge is 0.324 e. The molecule has 4 N–H and O–H groups in total. The minimum Gasteiger partial charge on any atom is -1.00 e. The lowest BCUT2D eigenvalue weighted by Crippen LogP contribution is -3.00. The summed E-state index contributed by atoms with van der Waals surface area (Å²) in [5, 5.41) is 6.52. The van der Waals surface area contributed by atoms with Crippen molar-refractivity contribution in [1.29, 1.82) is 0 Å². The van der Waals surface area contributed by atoms with Gasteiger partial charge in [0.15, 0.2) is 0 Å². The van der Waals surface area contributed by atoms with E-state index in [1.54, 1.807) is 24.3 Å². The Labute approximate surface area is 213 Å². The van der Waals surface area contributed by atoms with Gasteiger partial charge in [-0.25, -0.2) is 4.79 Å². The molecule has 8 nitrogen and oxygen atoms in total. The van der Waals surface area contributed by atoms with Crippen LogP contribution in [0.4, 0.5) is 15.5 Å². The SMILES string of the molecule is COC(=O)CCC[N+]1(C)CCc2c(sc(NC(=O)Nc3ccc(Cl)cc3)c2C(N)=O)C1.[I-]. The molecule has 0 fully saturated rings. The number of quaternary nitrogens is 1. The largest absolute Gasteiger partial charge is 1.00 e. The fourth-order valence-electron chi connectivity index (χ4n) is 3.76. The van der Waals surface area contributed by atoms with E-state index in [4.69, 9.17) is 22.1 Å². The quantitative estimate of drug-likeness (QED) is 0.249. The highest BCUT2D eigenvalue weighted by Gasteiger charge is 2.34. The number of fused-ring (bicyclic) bond motifs is 1. The molecule has 1 aromatic heterocycles. The van der Waals surface area contributed by atoms with Crippen LogP contribution in [0.5, 0.6) is 0 Å². The molecule has 1 aliphatic rings. The number of esters is 1. The monoisotopic (exact) mass is 592 g/mol. The normalized spacial score (nSPS) is 17.0. The average Bonchev–Trinajstić information content (AvgIpc) is 3.05. The number of thiophene rings is 1. The Morgan fingerprint density at radius 1 is 1.22 bits per heavy atom. The van der Waals surface area contributed by atoms with Gasteiger partial charge in [0.1, 0.15) is 11.5 Å². The van der Waals surface area contributed by atoms with Crippen molar-refractivity contribution >= 4 is 51.5 Å². The van der Waals surface area contributed by atoms with E-state index < -0.39 is 11.9 Å². The molecule has 0 bridgehead atoms. The van der Waals surface area contributed by atoms with Gasteiger partial charge in [-0.3, -0.25) is 14.9 Å². The maximum atomic E-state index is 12.5. The second kappa shape index (κ2) is 11.3. The Balaban J connectivity index is 0.00000363. The number of methoxy groups -OCH3 is 1. The summed E-state index contributed by atoms with van der Waals surface area (Å²) in [6.07, 6.45) is 1.78. The van der Waals surface area contributed by atoms with Crippen LogP contribution in [0.25, 0.3) is 0 Å². The first-order valence-electron chi connectivity index (χ1n) is 9.89. The lowest BCUT2D eigenvalue weighted by molar-refractivity contribution is -0.924. The molecular weight excluding hydrogens is 567 g/mol. The molecule has 1 aromatic carbocycles. The molecule has 0 aliphatic carbocycles. The van der Waals surface area contributed by atoms with Crippen LogP contribution in [0.3, 0.4) is 0 Å². The van der Waals surface area contributed by atoms with Crippen molar-refractivity contribution in [3.63, 3.8) is 0 Å². The third-order valence-electron chi connectivity index (χ3n) is 5.40. The molecule has 174 valence electrons. The van der Waals surface area contributed by atoms with E-state index in [1.165, 1.54) is 18.4 Å². The Hall–Kier alpha value is -1.89. The summed E-state index contributed by atoms with van der Waals surface area (Å²) in [5.74, 6) is -0.768. The minimum absolute atomic E-state index is 0. The number of carbonyl (C=O) groups excluding carboxylic acids is 3. The van der Waals surface area contributed by atoms with Crippen molar-refractivity contribution in [3.05, 3.63) is 45.3 Å². The summed E-state index contributed by atoms with van der Waals surface area (Å²) in [6.45, 7) is 2.35. The van der Waals surface area contributed by atoms with Crippen LogP contribution < -0.4 is 40.3 Å². The number of benzene rings is 1. The topological polar surface area (TPSA) is 111 Å². The van der Waals surface area contributed by atoms with Gasteiger partial charge in [-0.1, -0.05) is 11.6 Å². The fraction of sp³-hybridized carbons (Fsp3) is 0.381. The molecule has 3 rings (SSSR count). The van der Waals surface area contributed by atoms with Crippen LogP contribution in [0.1, 0.15) is 33.6 Å². The van der Waals surface area contributed by atoms with E-state index >= 15 is 0 Å². The molecule has 0 saturated heterocycles. The van der Waals surface area contributed by atoms with E-state index in [0.29, 0.717) is 40.7 Å². The highest BCUT2D eigenvalue weighted by Crippen LogP contribution is 2.38. The zero-order chi connectivity index (χ0) is 22.6. The fourth-order valence-corrected chi connectivity index (χ4v) is 5.30. The van der Waals surface area contributed by atoms with Crippen molar-refractivity contribution in [2.24, 2.45) is 5.73 Å². The summed E-state index contributed by atoms with van der Waals surface area (Å²) in [5.41, 5.74) is 7.52. The van der Waals surface area contributed by atoms with Gasteiger partial charge >= 0.3 is 12.0 Å². The second-order valence-electron chi connectivity index (χ2n) is 7.81. The molecule has 1 atom stereocenters. The number of carbonyl (C=O) groups is 3. The maximum Gasteiger partial charge on any atom is 0.324 e. The van der Waals surface area contributed by atoms with Gasteiger partial charge in [-0.2, -0.15) is 0 Å². The van der Waals surface area contributed by atoms with Crippen molar-refractivity contribution < 1.29 is 47.6 Å². The van der Waals surface area contributed by atoms with Crippen LogP contribution in [0.2, 0.25) is 5.02 Å². The van der Waals surface area contributed by atoms with Gasteiger partial charge in [0.05, 0.1) is 44.1 Å². The van der Waals surface area contributed by atoms with Crippen LogP contribution in [-0.2, 0) is 22.5 Å². The predicted molar refractivity (Wildman–Crippen MR) is 122 cm³/mol. The van der Waals surface area contributed by atoms with Crippen LogP contribution in [-0.4, -0.2) is 49.6 Å². The van der Waals surface area contributed by atoms with Crippen molar-refractivity contribution in [2.75, 3.05) is 37.9 Å². The number of nitrogens with two attached hydrogens (primary N) is 1. The number of halogens is 2. The number of urea groups is 1. The molecule has 0 saturated carbocycles. The zero-order valence-electron chi connectivity index (χ0n) is 17.9. The highest BCUT2D eigenvalue weighted by atomic mass is 127. The zero-order valence-corrected chi connectivity index (χ0v) is 21.6. The summed E-state index contributed by atoms with van der Waals surface area (Å²) < 4.78 is 5.46. The summed E-state index contributed by atoms with van der Waals surface area (Å²) in [6, 6.07) is 6.27. The standard InChI is InChI=1S/C21H25ClN4O4S.HI/c1-26(10-3-4-17(27)30-2)11-9-15-16(12-26)31-20(18(15)19(23)28)25-21(29)24-14-7-5-13(22)6-8-14;/h5-8H,3-4,9-12H2,1-2H3,(H3-,23,24,25,28,29);1H. The Morgan fingerprint density at radius 3 is 2.53 bits per heavy atom.